The Hall–Kier alpha value is -1.98. The number of fused-ring (bicyclic) bond motifs is 1. The summed E-state index contributed by atoms with van der Waals surface area (Å²) in [6, 6.07) is 8.03. The van der Waals surface area contributed by atoms with Crippen LogP contribution in [-0.4, -0.2) is 27.3 Å². The highest BCUT2D eigenvalue weighted by Crippen LogP contribution is 2.60. The lowest BCUT2D eigenvalue weighted by atomic mass is 9.49. The van der Waals surface area contributed by atoms with E-state index in [9.17, 15) is 4.79 Å². The Bertz CT molecular complexity index is 987. The van der Waals surface area contributed by atoms with E-state index < -0.39 is 0 Å². The van der Waals surface area contributed by atoms with Gasteiger partial charge in [0.15, 0.2) is 0 Å². The number of amides is 1. The van der Waals surface area contributed by atoms with Gasteiger partial charge in [0.25, 0.3) is 0 Å². The van der Waals surface area contributed by atoms with E-state index >= 15 is 0 Å². The van der Waals surface area contributed by atoms with Gasteiger partial charge >= 0.3 is 0 Å². The number of rotatable bonds is 4. The molecule has 2 aromatic rings. The predicted molar refractivity (Wildman–Crippen MR) is 121 cm³/mol. The third kappa shape index (κ3) is 3.66. The molecule has 4 bridgehead atoms. The smallest absolute Gasteiger partial charge is 0.231 e. The molecule has 162 valence electrons. The van der Waals surface area contributed by atoms with Crippen molar-refractivity contribution in [1.82, 2.24) is 14.9 Å². The van der Waals surface area contributed by atoms with E-state index in [2.05, 4.69) is 26.3 Å². The van der Waals surface area contributed by atoms with Crippen LogP contribution in [-0.2, 0) is 24.3 Å². The third-order valence-electron chi connectivity index (χ3n) is 8.13. The van der Waals surface area contributed by atoms with Crippen molar-refractivity contribution in [2.75, 3.05) is 11.9 Å². The van der Waals surface area contributed by atoms with Crippen LogP contribution in [0.1, 0.15) is 55.3 Å². The number of halogens is 1. The quantitative estimate of drug-likeness (QED) is 0.744. The predicted octanol–water partition coefficient (Wildman–Crippen LogP) is 4.84. The zero-order valence-corrected chi connectivity index (χ0v) is 18.6. The minimum atomic E-state index is -0.153. The molecule has 0 spiro atoms. The molecule has 2 heterocycles. The number of benzene rings is 1. The average Bonchev–Trinajstić information content (AvgIpc) is 2.73. The SMILES string of the molecule is O=C(Nc1ncnc2c1CCN(Cc1cccc(Cl)c1)C2)C12CC3CC(CC(C3)C1)C2. The van der Waals surface area contributed by atoms with Crippen LogP contribution in [0, 0.1) is 23.2 Å². The molecule has 0 radical (unpaired) electrons. The van der Waals surface area contributed by atoms with Gasteiger partial charge in [0.2, 0.25) is 5.91 Å². The molecule has 5 aliphatic rings. The fourth-order valence-electron chi connectivity index (χ4n) is 7.17. The number of anilines is 1. The first kappa shape index (κ1) is 19.7. The first-order chi connectivity index (χ1) is 15.1. The summed E-state index contributed by atoms with van der Waals surface area (Å²) in [4.78, 5) is 24.9. The highest BCUT2D eigenvalue weighted by Gasteiger charge is 2.54. The Labute approximate surface area is 188 Å². The number of hydrogen-bond donors (Lipinski definition) is 1. The Morgan fingerprint density at radius 2 is 1.87 bits per heavy atom. The van der Waals surface area contributed by atoms with Gasteiger partial charge in [-0.2, -0.15) is 0 Å². The fourth-order valence-corrected chi connectivity index (χ4v) is 7.39. The second-order valence-electron chi connectivity index (χ2n) is 10.4. The molecule has 6 heteroatoms. The molecular formula is C25H29ClN4O. The zero-order chi connectivity index (χ0) is 21.0. The molecule has 1 aromatic carbocycles. The van der Waals surface area contributed by atoms with Gasteiger partial charge < -0.3 is 5.32 Å². The van der Waals surface area contributed by atoms with E-state index in [4.69, 9.17) is 11.6 Å². The lowest BCUT2D eigenvalue weighted by molar-refractivity contribution is -0.140. The molecular weight excluding hydrogens is 408 g/mol. The summed E-state index contributed by atoms with van der Waals surface area (Å²) in [5.41, 5.74) is 3.20. The van der Waals surface area contributed by atoms with Crippen LogP contribution in [0.2, 0.25) is 5.02 Å². The average molecular weight is 437 g/mol. The van der Waals surface area contributed by atoms with E-state index in [-0.39, 0.29) is 11.3 Å². The lowest BCUT2D eigenvalue weighted by Gasteiger charge is -2.55. The molecule has 5 nitrogen and oxygen atoms in total. The molecule has 1 aliphatic heterocycles. The third-order valence-corrected chi connectivity index (χ3v) is 8.37. The molecule has 4 fully saturated rings. The maximum Gasteiger partial charge on any atom is 0.231 e. The van der Waals surface area contributed by atoms with Gasteiger partial charge in [0.1, 0.15) is 12.1 Å². The van der Waals surface area contributed by atoms with Gasteiger partial charge in [0, 0.05) is 30.2 Å². The second-order valence-corrected chi connectivity index (χ2v) is 10.8. The first-order valence-electron chi connectivity index (χ1n) is 11.7. The maximum absolute atomic E-state index is 13.5. The monoisotopic (exact) mass is 436 g/mol. The molecule has 31 heavy (non-hydrogen) atoms. The molecule has 1 N–H and O–H groups in total. The van der Waals surface area contributed by atoms with Gasteiger partial charge in [-0.05, 0) is 80.4 Å². The minimum absolute atomic E-state index is 0.153. The summed E-state index contributed by atoms with van der Waals surface area (Å²) in [6.07, 6.45) is 9.72. The van der Waals surface area contributed by atoms with Crippen LogP contribution in [0.3, 0.4) is 0 Å². The summed E-state index contributed by atoms with van der Waals surface area (Å²) in [5, 5.41) is 4.04. The standard InChI is InChI=1S/C25H29ClN4O/c26-20-3-1-2-16(9-20)13-30-5-4-21-22(14-30)27-15-28-23(21)29-24(31)25-10-17-6-18(11-25)8-19(7-17)12-25/h1-3,9,15,17-19H,4-8,10-14H2,(H,27,28,29,31). The topological polar surface area (TPSA) is 58.1 Å². The molecule has 4 aliphatic carbocycles. The van der Waals surface area contributed by atoms with Crippen LogP contribution in [0.4, 0.5) is 5.82 Å². The van der Waals surface area contributed by atoms with Crippen LogP contribution in [0.5, 0.6) is 0 Å². The minimum Gasteiger partial charge on any atom is -0.310 e. The van der Waals surface area contributed by atoms with E-state index in [0.717, 1.165) is 85.2 Å². The van der Waals surface area contributed by atoms with E-state index in [0.29, 0.717) is 0 Å². The van der Waals surface area contributed by atoms with Crippen molar-refractivity contribution in [3.63, 3.8) is 0 Å². The molecule has 4 saturated carbocycles. The van der Waals surface area contributed by atoms with E-state index in [1.54, 1.807) is 6.33 Å². The van der Waals surface area contributed by atoms with Gasteiger partial charge in [-0.15, -0.1) is 0 Å². The number of carbonyl (C=O) groups excluding carboxylic acids is 1. The number of aromatic nitrogens is 2. The van der Waals surface area contributed by atoms with Gasteiger partial charge in [0.05, 0.1) is 11.1 Å². The van der Waals surface area contributed by atoms with Crippen molar-refractivity contribution in [2.45, 2.75) is 58.0 Å². The fraction of sp³-hybridized carbons (Fsp3) is 0.560. The number of nitrogens with one attached hydrogen (secondary N) is 1. The number of nitrogens with zero attached hydrogens (tertiary/aromatic N) is 3. The second kappa shape index (κ2) is 7.56. The Morgan fingerprint density at radius 1 is 1.13 bits per heavy atom. The van der Waals surface area contributed by atoms with Crippen LogP contribution in [0.15, 0.2) is 30.6 Å². The summed E-state index contributed by atoms with van der Waals surface area (Å²) in [6.45, 7) is 2.54. The van der Waals surface area contributed by atoms with E-state index in [1.165, 1.54) is 24.8 Å². The molecule has 1 amide bonds. The van der Waals surface area contributed by atoms with Crippen molar-refractivity contribution < 1.29 is 4.79 Å². The molecule has 0 saturated heterocycles. The van der Waals surface area contributed by atoms with Crippen molar-refractivity contribution in [1.29, 1.82) is 0 Å². The lowest BCUT2D eigenvalue weighted by Crippen LogP contribution is -2.52. The van der Waals surface area contributed by atoms with Crippen LogP contribution >= 0.6 is 11.6 Å². The highest BCUT2D eigenvalue weighted by molar-refractivity contribution is 6.30. The van der Waals surface area contributed by atoms with Gasteiger partial charge in [-0.3, -0.25) is 9.69 Å². The summed E-state index contributed by atoms with van der Waals surface area (Å²) in [5.74, 6) is 3.24. The van der Waals surface area contributed by atoms with Crippen molar-refractivity contribution in [3.8, 4) is 0 Å². The first-order valence-corrected chi connectivity index (χ1v) is 12.1. The van der Waals surface area contributed by atoms with Crippen molar-refractivity contribution >= 4 is 23.3 Å². The Balaban J connectivity index is 1.18. The largest absolute Gasteiger partial charge is 0.310 e. The summed E-state index contributed by atoms with van der Waals surface area (Å²) in [7, 11) is 0. The number of carbonyl (C=O) groups is 1. The number of hydrogen-bond acceptors (Lipinski definition) is 4. The summed E-state index contributed by atoms with van der Waals surface area (Å²) < 4.78 is 0. The van der Waals surface area contributed by atoms with Crippen molar-refractivity contribution in [2.24, 2.45) is 23.2 Å². The highest BCUT2D eigenvalue weighted by atomic mass is 35.5. The van der Waals surface area contributed by atoms with Gasteiger partial charge in [-0.1, -0.05) is 23.7 Å². The van der Waals surface area contributed by atoms with Crippen molar-refractivity contribution in [3.05, 3.63) is 52.4 Å². The molecule has 0 atom stereocenters. The van der Waals surface area contributed by atoms with E-state index in [1.807, 2.05) is 18.2 Å². The molecule has 7 rings (SSSR count). The van der Waals surface area contributed by atoms with Gasteiger partial charge in [-0.25, -0.2) is 9.97 Å². The van der Waals surface area contributed by atoms with Crippen LogP contribution < -0.4 is 5.32 Å². The Morgan fingerprint density at radius 3 is 2.58 bits per heavy atom. The Kier molecular flexibility index (Phi) is 4.80. The zero-order valence-electron chi connectivity index (χ0n) is 17.8. The summed E-state index contributed by atoms with van der Waals surface area (Å²) >= 11 is 6.15. The molecule has 0 unspecified atom stereocenters. The molecule has 1 aromatic heterocycles. The maximum atomic E-state index is 13.5. The van der Waals surface area contributed by atoms with Crippen LogP contribution in [0.25, 0.3) is 0 Å². The normalized spacial score (nSPS) is 31.5.